The van der Waals surface area contributed by atoms with Gasteiger partial charge in [0.1, 0.15) is 0 Å². The van der Waals surface area contributed by atoms with Crippen LogP contribution in [0.2, 0.25) is 0 Å². The molecular weight excluding hydrogens is 273 g/mol. The topological polar surface area (TPSA) is 65.5 Å². The molecule has 1 amide bonds. The molecule has 1 aromatic rings. The first-order valence-corrected chi connectivity index (χ1v) is 7.49. The molecule has 0 saturated heterocycles. The van der Waals surface area contributed by atoms with E-state index in [1.807, 2.05) is 6.92 Å². The van der Waals surface area contributed by atoms with Crippen molar-refractivity contribution in [3.8, 4) is 0 Å². The molecule has 5 nitrogen and oxygen atoms in total. The summed E-state index contributed by atoms with van der Waals surface area (Å²) in [5.41, 5.74) is 0.0470. The summed E-state index contributed by atoms with van der Waals surface area (Å²) in [6.07, 6.45) is 4.94. The van der Waals surface area contributed by atoms with Crippen molar-refractivity contribution in [3.05, 3.63) is 23.6 Å². The first-order valence-electron chi connectivity index (χ1n) is 7.49. The predicted molar refractivity (Wildman–Crippen MR) is 78.7 cm³/mol. The van der Waals surface area contributed by atoms with Crippen molar-refractivity contribution in [2.75, 3.05) is 25.0 Å². The first-order chi connectivity index (χ1) is 10.2. The van der Waals surface area contributed by atoms with Crippen LogP contribution in [0.5, 0.6) is 0 Å². The van der Waals surface area contributed by atoms with Gasteiger partial charge in [-0.25, -0.2) is 9.37 Å². The average molecular weight is 295 g/mol. The maximum Gasteiger partial charge on any atom is 0.257 e. The highest BCUT2D eigenvalue weighted by Crippen LogP contribution is 2.27. The van der Waals surface area contributed by atoms with Gasteiger partial charge in [0.05, 0.1) is 5.56 Å². The number of aliphatic hydroxyl groups is 1. The Morgan fingerprint density at radius 3 is 2.90 bits per heavy atom. The van der Waals surface area contributed by atoms with Crippen LogP contribution in [0.4, 0.5) is 10.2 Å². The summed E-state index contributed by atoms with van der Waals surface area (Å²) in [6, 6.07) is 1.59. The summed E-state index contributed by atoms with van der Waals surface area (Å²) >= 11 is 0. The van der Waals surface area contributed by atoms with E-state index in [1.54, 1.807) is 4.90 Å². The number of anilines is 1. The molecule has 2 N–H and O–H groups in total. The maximum absolute atomic E-state index is 14.4. The number of hydrogen-bond donors (Lipinski definition) is 2. The Labute approximate surface area is 124 Å². The van der Waals surface area contributed by atoms with Crippen LogP contribution < -0.4 is 5.32 Å². The second-order valence-corrected chi connectivity index (χ2v) is 5.21. The highest BCUT2D eigenvalue weighted by atomic mass is 19.1. The van der Waals surface area contributed by atoms with Crippen molar-refractivity contribution in [1.29, 1.82) is 0 Å². The summed E-state index contributed by atoms with van der Waals surface area (Å²) in [4.78, 5) is 18.2. The van der Waals surface area contributed by atoms with Gasteiger partial charge in [0, 0.05) is 31.9 Å². The lowest BCUT2D eigenvalue weighted by atomic mass is 9.90. The molecule has 1 aliphatic carbocycles. The summed E-state index contributed by atoms with van der Waals surface area (Å²) in [7, 11) is 0. The fraction of sp³-hybridized carbons (Fsp3) is 0.600. The smallest absolute Gasteiger partial charge is 0.257 e. The summed E-state index contributed by atoms with van der Waals surface area (Å²) in [5.74, 6) is -0.802. The second-order valence-electron chi connectivity index (χ2n) is 5.21. The normalized spacial score (nSPS) is 14.6. The van der Waals surface area contributed by atoms with Gasteiger partial charge in [0.15, 0.2) is 11.6 Å². The summed E-state index contributed by atoms with van der Waals surface area (Å²) < 4.78 is 14.4. The molecule has 0 spiro atoms. The molecule has 1 aromatic heterocycles. The van der Waals surface area contributed by atoms with Crippen molar-refractivity contribution in [2.45, 2.75) is 38.6 Å². The lowest BCUT2D eigenvalue weighted by Crippen LogP contribution is -2.45. The van der Waals surface area contributed by atoms with Gasteiger partial charge in [0.25, 0.3) is 5.91 Å². The fourth-order valence-corrected chi connectivity index (χ4v) is 2.44. The second kappa shape index (κ2) is 7.36. The number of carbonyl (C=O) groups excluding carboxylic acids is 1. The molecule has 0 radical (unpaired) electrons. The molecule has 2 rings (SSSR count). The molecule has 1 aliphatic rings. The number of nitrogens with one attached hydrogen (secondary N) is 1. The Morgan fingerprint density at radius 2 is 2.33 bits per heavy atom. The van der Waals surface area contributed by atoms with Crippen molar-refractivity contribution < 1.29 is 14.3 Å². The molecule has 6 heteroatoms. The van der Waals surface area contributed by atoms with Gasteiger partial charge in [-0.1, -0.05) is 0 Å². The van der Waals surface area contributed by atoms with Gasteiger partial charge in [-0.15, -0.1) is 0 Å². The molecule has 1 saturated carbocycles. The first kappa shape index (κ1) is 15.7. The van der Waals surface area contributed by atoms with Crippen molar-refractivity contribution >= 4 is 11.7 Å². The summed E-state index contributed by atoms with van der Waals surface area (Å²) in [6.45, 7) is 2.87. The quantitative estimate of drug-likeness (QED) is 0.808. The van der Waals surface area contributed by atoms with Gasteiger partial charge >= 0.3 is 0 Å². The van der Waals surface area contributed by atoms with Crippen LogP contribution in [0.1, 0.15) is 43.0 Å². The van der Waals surface area contributed by atoms with Crippen LogP contribution in [-0.4, -0.2) is 46.6 Å². The van der Waals surface area contributed by atoms with E-state index < -0.39 is 5.82 Å². The van der Waals surface area contributed by atoms with Crippen LogP contribution in [0, 0.1) is 5.82 Å². The number of pyridine rings is 1. The van der Waals surface area contributed by atoms with Crippen molar-refractivity contribution in [3.63, 3.8) is 0 Å². The van der Waals surface area contributed by atoms with Crippen LogP contribution in [0.15, 0.2) is 12.3 Å². The molecule has 116 valence electrons. The SMILES string of the molecule is CCNc1nccc(C(=O)N(CCCO)C2CCC2)c1F. The van der Waals surface area contributed by atoms with E-state index in [2.05, 4.69) is 10.3 Å². The minimum Gasteiger partial charge on any atom is -0.396 e. The van der Waals surface area contributed by atoms with E-state index in [-0.39, 0.29) is 29.9 Å². The van der Waals surface area contributed by atoms with E-state index in [0.717, 1.165) is 19.3 Å². The molecule has 0 aliphatic heterocycles. The van der Waals surface area contributed by atoms with Gasteiger partial charge in [-0.3, -0.25) is 4.79 Å². The van der Waals surface area contributed by atoms with E-state index in [9.17, 15) is 9.18 Å². The lowest BCUT2D eigenvalue weighted by Gasteiger charge is -2.37. The van der Waals surface area contributed by atoms with Gasteiger partial charge in [0.2, 0.25) is 0 Å². The minimum absolute atomic E-state index is 0.0258. The molecule has 0 unspecified atom stereocenters. The molecule has 0 atom stereocenters. The number of aliphatic hydroxyl groups excluding tert-OH is 1. The highest BCUT2D eigenvalue weighted by molar-refractivity contribution is 5.95. The fourth-order valence-electron chi connectivity index (χ4n) is 2.44. The van der Waals surface area contributed by atoms with E-state index in [0.29, 0.717) is 19.5 Å². The number of aromatic nitrogens is 1. The highest BCUT2D eigenvalue weighted by Gasteiger charge is 2.30. The number of nitrogens with zero attached hydrogens (tertiary/aromatic N) is 2. The van der Waals surface area contributed by atoms with Gasteiger partial charge in [-0.2, -0.15) is 0 Å². The summed E-state index contributed by atoms with van der Waals surface area (Å²) in [5, 5.41) is 11.8. The lowest BCUT2D eigenvalue weighted by molar-refractivity contribution is 0.0558. The number of amides is 1. The Bertz CT molecular complexity index is 492. The third kappa shape index (κ3) is 3.50. The minimum atomic E-state index is -0.599. The third-order valence-electron chi connectivity index (χ3n) is 3.80. The van der Waals surface area contributed by atoms with E-state index in [1.165, 1.54) is 12.3 Å². The average Bonchev–Trinajstić information content (AvgIpc) is 2.43. The molecule has 21 heavy (non-hydrogen) atoms. The number of rotatable bonds is 7. The Balaban J connectivity index is 2.21. The molecular formula is C15H22FN3O2. The zero-order valence-corrected chi connectivity index (χ0v) is 12.3. The number of hydrogen-bond acceptors (Lipinski definition) is 4. The van der Waals surface area contributed by atoms with Crippen LogP contribution in [-0.2, 0) is 0 Å². The Kier molecular flexibility index (Phi) is 5.50. The van der Waals surface area contributed by atoms with Crippen LogP contribution in [0.3, 0.4) is 0 Å². The maximum atomic E-state index is 14.4. The van der Waals surface area contributed by atoms with Gasteiger partial charge < -0.3 is 15.3 Å². The Morgan fingerprint density at radius 1 is 1.57 bits per heavy atom. The van der Waals surface area contributed by atoms with Crippen molar-refractivity contribution in [1.82, 2.24) is 9.88 Å². The monoisotopic (exact) mass is 295 g/mol. The zero-order valence-electron chi connectivity index (χ0n) is 12.3. The number of carbonyl (C=O) groups is 1. The molecule has 1 fully saturated rings. The largest absolute Gasteiger partial charge is 0.396 e. The predicted octanol–water partition coefficient (Wildman–Crippen LogP) is 2.03. The molecule has 0 bridgehead atoms. The van der Waals surface area contributed by atoms with Crippen LogP contribution >= 0.6 is 0 Å². The van der Waals surface area contributed by atoms with E-state index in [4.69, 9.17) is 5.11 Å². The Hall–Kier alpha value is -1.69. The molecule has 0 aromatic carbocycles. The van der Waals surface area contributed by atoms with Gasteiger partial charge in [-0.05, 0) is 38.7 Å². The molecule has 1 heterocycles. The van der Waals surface area contributed by atoms with Crippen LogP contribution in [0.25, 0.3) is 0 Å². The van der Waals surface area contributed by atoms with Crippen molar-refractivity contribution in [2.24, 2.45) is 0 Å². The standard InChI is InChI=1S/C15H22FN3O2/c1-2-17-14-13(16)12(7-8-18-14)15(21)19(9-4-10-20)11-5-3-6-11/h7-8,11,20H,2-6,9-10H2,1H3,(H,17,18). The zero-order chi connectivity index (χ0) is 15.2. The van der Waals surface area contributed by atoms with E-state index >= 15 is 0 Å². The number of halogens is 1. The third-order valence-corrected chi connectivity index (χ3v) is 3.80.